The van der Waals surface area contributed by atoms with Crippen LogP contribution >= 0.6 is 15.9 Å². The Kier molecular flexibility index (Phi) is 3.87. The number of aliphatic carboxylic acids is 1. The number of carbonyl (C=O) groups excluding carboxylic acids is 1. The highest BCUT2D eigenvalue weighted by Crippen LogP contribution is 2.05. The summed E-state index contributed by atoms with van der Waals surface area (Å²) in [5.41, 5.74) is 0. The molecule has 0 unspecified atom stereocenters. The topological polar surface area (TPSA) is 40.1 Å². The summed E-state index contributed by atoms with van der Waals surface area (Å²) < 4.78 is 0. The summed E-state index contributed by atoms with van der Waals surface area (Å²) in [4.78, 5) is 9.47. The molecule has 3 heteroatoms. The zero-order chi connectivity index (χ0) is 6.57. The first-order chi connectivity index (χ1) is 3.68. The van der Waals surface area contributed by atoms with Gasteiger partial charge >= 0.3 is 0 Å². The van der Waals surface area contributed by atoms with Crippen LogP contribution in [-0.2, 0) is 4.79 Å². The van der Waals surface area contributed by atoms with E-state index in [9.17, 15) is 9.90 Å². The van der Waals surface area contributed by atoms with E-state index >= 15 is 0 Å². The second-order valence-electron chi connectivity index (χ2n) is 1.58. The predicted molar refractivity (Wildman–Crippen MR) is 32.6 cm³/mol. The van der Waals surface area contributed by atoms with Gasteiger partial charge in [-0.15, -0.1) is 0 Å². The Morgan fingerprint density at radius 1 is 1.88 bits per heavy atom. The maximum Gasteiger partial charge on any atom is 0.0551 e. The number of rotatable bonds is 3. The van der Waals surface area contributed by atoms with Crippen LogP contribution in [0.1, 0.15) is 19.8 Å². The van der Waals surface area contributed by atoms with Crippen molar-refractivity contribution in [3.63, 3.8) is 0 Å². The molecule has 48 valence electrons. The Morgan fingerprint density at radius 2 is 2.38 bits per heavy atom. The molecule has 0 rings (SSSR count). The largest absolute Gasteiger partial charge is 0.549 e. The van der Waals surface area contributed by atoms with Crippen molar-refractivity contribution < 1.29 is 9.90 Å². The molecule has 8 heavy (non-hydrogen) atoms. The molecule has 1 atom stereocenters. The van der Waals surface area contributed by atoms with E-state index in [-0.39, 0.29) is 0 Å². The summed E-state index contributed by atoms with van der Waals surface area (Å²) in [6, 6.07) is 0. The highest BCUT2D eigenvalue weighted by atomic mass is 79.9. The molecule has 0 aromatic carbocycles. The summed E-state index contributed by atoms with van der Waals surface area (Å²) in [7, 11) is 0. The van der Waals surface area contributed by atoms with E-state index in [1.165, 1.54) is 0 Å². The van der Waals surface area contributed by atoms with Crippen LogP contribution in [0.25, 0.3) is 0 Å². The second kappa shape index (κ2) is 3.89. The van der Waals surface area contributed by atoms with Gasteiger partial charge in [0.05, 0.1) is 10.8 Å². The fraction of sp³-hybridized carbons (Fsp3) is 0.800. The molecule has 0 aliphatic heterocycles. The molecule has 0 aromatic heterocycles. The van der Waals surface area contributed by atoms with Crippen molar-refractivity contribution in [1.29, 1.82) is 0 Å². The Hall–Kier alpha value is -0.0500. The lowest BCUT2D eigenvalue weighted by atomic mass is 10.2. The zero-order valence-corrected chi connectivity index (χ0v) is 6.27. The van der Waals surface area contributed by atoms with Crippen LogP contribution in [0.15, 0.2) is 0 Å². The molecule has 0 heterocycles. The van der Waals surface area contributed by atoms with Crippen molar-refractivity contribution in [2.75, 3.05) is 0 Å². The van der Waals surface area contributed by atoms with Gasteiger partial charge in [-0.05, 0) is 6.42 Å². The van der Waals surface area contributed by atoms with Gasteiger partial charge in [0, 0.05) is 0 Å². The number of carboxylic acid groups (broad SMARTS) is 1. The molecule has 0 radical (unpaired) electrons. The number of alkyl halides is 1. The summed E-state index contributed by atoms with van der Waals surface area (Å²) in [6.45, 7) is 1.93. The minimum absolute atomic E-state index is 0.465. The molecule has 0 aliphatic rings. The van der Waals surface area contributed by atoms with Crippen molar-refractivity contribution in [2.24, 2.45) is 0 Å². The molecule has 0 saturated heterocycles. The Morgan fingerprint density at radius 3 is 2.50 bits per heavy atom. The van der Waals surface area contributed by atoms with E-state index in [1.807, 2.05) is 6.92 Å². The van der Waals surface area contributed by atoms with E-state index in [2.05, 4.69) is 15.9 Å². The number of carboxylic acids is 1. The lowest BCUT2D eigenvalue weighted by molar-refractivity contribution is -0.304. The Labute approximate surface area is 57.0 Å². The predicted octanol–water partition coefficient (Wildman–Crippen LogP) is 0.300. The maximum absolute atomic E-state index is 9.93. The Bertz CT molecular complexity index is 82.5. The number of halogens is 1. The van der Waals surface area contributed by atoms with Crippen molar-refractivity contribution >= 4 is 21.9 Å². The standard InChI is InChI=1S/C5H9BrO2/c1-2-3-4(6)5(7)8/h4H,2-3H2,1H3,(H,7,8)/p-1/t4-/m1/s1. The number of hydrogen-bond acceptors (Lipinski definition) is 2. The summed E-state index contributed by atoms with van der Waals surface area (Å²) in [5.74, 6) is -1.02. The normalized spacial score (nSPS) is 13.2. The van der Waals surface area contributed by atoms with Gasteiger partial charge in [0.15, 0.2) is 0 Å². The lowest BCUT2D eigenvalue weighted by Crippen LogP contribution is -2.31. The van der Waals surface area contributed by atoms with Crippen LogP contribution in [0.5, 0.6) is 0 Å². The third-order valence-electron chi connectivity index (χ3n) is 0.798. The summed E-state index contributed by atoms with van der Waals surface area (Å²) in [6.07, 6.45) is 1.51. The third-order valence-corrected chi connectivity index (χ3v) is 1.63. The van der Waals surface area contributed by atoms with Crippen molar-refractivity contribution in [2.45, 2.75) is 24.6 Å². The molecule has 0 bridgehead atoms. The van der Waals surface area contributed by atoms with Gasteiger partial charge in [-0.2, -0.15) is 0 Å². The first-order valence-corrected chi connectivity index (χ1v) is 3.45. The van der Waals surface area contributed by atoms with E-state index in [1.54, 1.807) is 0 Å². The summed E-state index contributed by atoms with van der Waals surface area (Å²) in [5, 5.41) is 9.93. The first-order valence-electron chi connectivity index (χ1n) is 2.53. The lowest BCUT2D eigenvalue weighted by Gasteiger charge is -2.06. The fourth-order valence-electron chi connectivity index (χ4n) is 0.371. The average Bonchev–Trinajstić information content (AvgIpc) is 1.67. The zero-order valence-electron chi connectivity index (χ0n) is 4.69. The van der Waals surface area contributed by atoms with E-state index < -0.39 is 10.8 Å². The van der Waals surface area contributed by atoms with E-state index in [0.717, 1.165) is 6.42 Å². The number of hydrogen-bond donors (Lipinski definition) is 0. The van der Waals surface area contributed by atoms with Crippen molar-refractivity contribution in [3.8, 4) is 0 Å². The average molecular weight is 180 g/mol. The monoisotopic (exact) mass is 179 g/mol. The second-order valence-corrected chi connectivity index (χ2v) is 2.68. The van der Waals surface area contributed by atoms with E-state index in [0.29, 0.717) is 6.42 Å². The molecular weight excluding hydrogens is 172 g/mol. The van der Waals surface area contributed by atoms with Gasteiger partial charge in [-0.3, -0.25) is 0 Å². The highest BCUT2D eigenvalue weighted by molar-refractivity contribution is 9.10. The molecule has 0 aliphatic carbocycles. The minimum Gasteiger partial charge on any atom is -0.549 e. The summed E-state index contributed by atoms with van der Waals surface area (Å²) >= 11 is 2.94. The molecule has 0 aromatic rings. The van der Waals surface area contributed by atoms with Gasteiger partial charge in [-0.25, -0.2) is 0 Å². The molecule has 0 saturated carbocycles. The van der Waals surface area contributed by atoms with E-state index in [4.69, 9.17) is 0 Å². The Balaban J connectivity index is 3.32. The van der Waals surface area contributed by atoms with Crippen LogP contribution < -0.4 is 5.11 Å². The minimum atomic E-state index is -1.02. The van der Waals surface area contributed by atoms with Gasteiger partial charge in [0.25, 0.3) is 0 Å². The van der Waals surface area contributed by atoms with Gasteiger partial charge in [0.2, 0.25) is 0 Å². The first kappa shape index (κ1) is 7.95. The van der Waals surface area contributed by atoms with Gasteiger partial charge in [-0.1, -0.05) is 29.3 Å². The van der Waals surface area contributed by atoms with Crippen molar-refractivity contribution in [3.05, 3.63) is 0 Å². The highest BCUT2D eigenvalue weighted by Gasteiger charge is 2.00. The quantitative estimate of drug-likeness (QED) is 0.586. The third kappa shape index (κ3) is 3.02. The molecular formula is C5H8BrO2-. The molecule has 0 fully saturated rings. The van der Waals surface area contributed by atoms with Gasteiger partial charge < -0.3 is 9.90 Å². The molecule has 0 spiro atoms. The molecule has 2 nitrogen and oxygen atoms in total. The van der Waals surface area contributed by atoms with Crippen LogP contribution in [-0.4, -0.2) is 10.8 Å². The van der Waals surface area contributed by atoms with Crippen LogP contribution in [0.2, 0.25) is 0 Å². The van der Waals surface area contributed by atoms with Crippen LogP contribution in [0.3, 0.4) is 0 Å². The van der Waals surface area contributed by atoms with Crippen LogP contribution in [0.4, 0.5) is 0 Å². The van der Waals surface area contributed by atoms with Crippen LogP contribution in [0, 0.1) is 0 Å². The molecule has 0 amide bonds. The van der Waals surface area contributed by atoms with Crippen molar-refractivity contribution in [1.82, 2.24) is 0 Å². The maximum atomic E-state index is 9.93. The number of carbonyl (C=O) groups is 1. The van der Waals surface area contributed by atoms with Gasteiger partial charge in [0.1, 0.15) is 0 Å². The SMILES string of the molecule is CCC[C@@H](Br)C(=O)[O-]. The fourth-order valence-corrected chi connectivity index (χ4v) is 0.829. The molecule has 0 N–H and O–H groups in total. The smallest absolute Gasteiger partial charge is 0.0551 e.